The average Bonchev–Trinajstić information content (AvgIpc) is 2.09. The molecule has 0 heterocycles. The van der Waals surface area contributed by atoms with Crippen molar-refractivity contribution in [2.75, 3.05) is 0 Å². The first-order chi connectivity index (χ1) is 6.00. The summed E-state index contributed by atoms with van der Waals surface area (Å²) in [6, 6.07) is 1.62. The lowest BCUT2D eigenvalue weighted by molar-refractivity contribution is 0.0449. The summed E-state index contributed by atoms with van der Waals surface area (Å²) >= 11 is 0. The summed E-state index contributed by atoms with van der Waals surface area (Å²) in [6.45, 7) is 9.54. The summed E-state index contributed by atoms with van der Waals surface area (Å²) in [7, 11) is 0. The van der Waals surface area contributed by atoms with Gasteiger partial charge in [0.2, 0.25) is 0 Å². The average molecular weight is 181 g/mol. The van der Waals surface area contributed by atoms with Crippen LogP contribution in [-0.2, 0) is 0 Å². The van der Waals surface area contributed by atoms with E-state index in [-0.39, 0.29) is 0 Å². The monoisotopic (exact) mass is 181 g/mol. The molecule has 0 aromatic heterocycles. The predicted molar refractivity (Wildman–Crippen MR) is 56.7 cm³/mol. The summed E-state index contributed by atoms with van der Waals surface area (Å²) in [6.07, 6.45) is 4.19. The van der Waals surface area contributed by atoms with Crippen LogP contribution in [0.3, 0.4) is 0 Å². The van der Waals surface area contributed by atoms with E-state index in [1.54, 1.807) is 0 Å². The van der Waals surface area contributed by atoms with Crippen molar-refractivity contribution in [1.82, 2.24) is 5.32 Å². The molecule has 13 heavy (non-hydrogen) atoms. The van der Waals surface area contributed by atoms with E-state index >= 15 is 0 Å². The van der Waals surface area contributed by atoms with E-state index in [0.29, 0.717) is 5.41 Å². The topological polar surface area (TPSA) is 12.0 Å². The molecule has 2 fully saturated rings. The molecule has 1 nitrogen and oxygen atoms in total. The van der Waals surface area contributed by atoms with E-state index < -0.39 is 0 Å². The van der Waals surface area contributed by atoms with Gasteiger partial charge in [0.15, 0.2) is 0 Å². The zero-order valence-electron chi connectivity index (χ0n) is 9.43. The third-order valence-electron chi connectivity index (χ3n) is 4.59. The van der Waals surface area contributed by atoms with Crippen molar-refractivity contribution in [1.29, 1.82) is 0 Å². The van der Waals surface area contributed by atoms with Crippen LogP contribution in [0.2, 0.25) is 0 Å². The van der Waals surface area contributed by atoms with Crippen LogP contribution in [-0.4, -0.2) is 12.1 Å². The van der Waals surface area contributed by atoms with E-state index in [0.717, 1.165) is 23.9 Å². The van der Waals surface area contributed by atoms with Gasteiger partial charge in [-0.3, -0.25) is 0 Å². The maximum absolute atomic E-state index is 3.82. The number of rotatable bonds is 2. The maximum Gasteiger partial charge on any atom is 0.0121 e. The Hall–Kier alpha value is -0.0400. The van der Waals surface area contributed by atoms with Gasteiger partial charge < -0.3 is 5.32 Å². The molecule has 1 N–H and O–H groups in total. The molecule has 0 radical (unpaired) electrons. The molecule has 0 aromatic rings. The molecule has 0 bridgehead atoms. The zero-order chi connectivity index (χ0) is 9.64. The van der Waals surface area contributed by atoms with Crippen LogP contribution in [0.1, 0.15) is 47.0 Å². The van der Waals surface area contributed by atoms with Crippen molar-refractivity contribution in [2.24, 2.45) is 17.3 Å². The fourth-order valence-electron chi connectivity index (χ4n) is 2.68. The van der Waals surface area contributed by atoms with Crippen molar-refractivity contribution in [3.05, 3.63) is 0 Å². The second-order valence-corrected chi connectivity index (χ2v) is 5.93. The van der Waals surface area contributed by atoms with Gasteiger partial charge in [0, 0.05) is 12.1 Å². The van der Waals surface area contributed by atoms with E-state index in [1.165, 1.54) is 19.3 Å². The summed E-state index contributed by atoms with van der Waals surface area (Å²) < 4.78 is 0. The normalized spacial score (nSPS) is 48.0. The largest absolute Gasteiger partial charge is 0.310 e. The van der Waals surface area contributed by atoms with E-state index in [9.17, 15) is 0 Å². The Morgan fingerprint density at radius 1 is 1.23 bits per heavy atom. The fourth-order valence-corrected chi connectivity index (χ4v) is 2.68. The minimum atomic E-state index is 0.568. The Morgan fingerprint density at radius 2 is 1.92 bits per heavy atom. The lowest BCUT2D eigenvalue weighted by atomic mass is 9.64. The zero-order valence-corrected chi connectivity index (χ0v) is 9.43. The van der Waals surface area contributed by atoms with Gasteiger partial charge in [-0.25, -0.2) is 0 Å². The van der Waals surface area contributed by atoms with E-state index in [1.807, 2.05) is 0 Å². The van der Waals surface area contributed by atoms with Crippen molar-refractivity contribution in [2.45, 2.75) is 59.0 Å². The van der Waals surface area contributed by atoms with Gasteiger partial charge in [-0.2, -0.15) is 0 Å². The van der Waals surface area contributed by atoms with Gasteiger partial charge in [-0.05, 0) is 36.5 Å². The standard InChI is InChI=1S/C12H23N/c1-8-7-10(9(8)2)13-11-5-6-12(11,3)4/h8-11,13H,5-7H2,1-4H3. The fraction of sp³-hybridized carbons (Fsp3) is 1.00. The van der Waals surface area contributed by atoms with Crippen LogP contribution in [0, 0.1) is 17.3 Å². The molecule has 2 saturated carbocycles. The summed E-state index contributed by atoms with van der Waals surface area (Å²) in [5.41, 5.74) is 0.568. The summed E-state index contributed by atoms with van der Waals surface area (Å²) in [5.74, 6) is 1.84. The Labute approximate surface area is 82.3 Å². The van der Waals surface area contributed by atoms with Crippen molar-refractivity contribution in [3.63, 3.8) is 0 Å². The maximum atomic E-state index is 3.82. The highest BCUT2D eigenvalue weighted by Gasteiger charge is 2.43. The van der Waals surface area contributed by atoms with Crippen LogP contribution in [0.4, 0.5) is 0 Å². The number of hydrogen-bond acceptors (Lipinski definition) is 1. The molecule has 4 unspecified atom stereocenters. The molecule has 0 aromatic carbocycles. The minimum absolute atomic E-state index is 0.568. The van der Waals surface area contributed by atoms with Gasteiger partial charge in [-0.1, -0.05) is 27.7 Å². The highest BCUT2D eigenvalue weighted by molar-refractivity contribution is 4.99. The highest BCUT2D eigenvalue weighted by atomic mass is 15.0. The van der Waals surface area contributed by atoms with Crippen LogP contribution in [0.5, 0.6) is 0 Å². The van der Waals surface area contributed by atoms with Crippen molar-refractivity contribution < 1.29 is 0 Å². The minimum Gasteiger partial charge on any atom is -0.310 e. The van der Waals surface area contributed by atoms with E-state index in [2.05, 4.69) is 33.0 Å². The molecule has 2 aliphatic rings. The Kier molecular flexibility index (Phi) is 2.18. The van der Waals surface area contributed by atoms with Crippen molar-refractivity contribution >= 4 is 0 Å². The van der Waals surface area contributed by atoms with Crippen LogP contribution in [0.15, 0.2) is 0 Å². The lowest BCUT2D eigenvalue weighted by Gasteiger charge is -2.51. The molecule has 0 amide bonds. The summed E-state index contributed by atoms with van der Waals surface area (Å²) in [5, 5.41) is 3.82. The number of hydrogen-bond donors (Lipinski definition) is 1. The first-order valence-corrected chi connectivity index (χ1v) is 5.77. The molecular weight excluding hydrogens is 158 g/mol. The molecule has 76 valence electrons. The second-order valence-electron chi connectivity index (χ2n) is 5.93. The molecule has 0 aliphatic heterocycles. The molecule has 1 heteroatoms. The first-order valence-electron chi connectivity index (χ1n) is 5.77. The Bertz CT molecular complexity index is 197. The molecule has 0 spiro atoms. The van der Waals surface area contributed by atoms with Crippen molar-refractivity contribution in [3.8, 4) is 0 Å². The first kappa shape index (κ1) is 9.51. The third-order valence-corrected chi connectivity index (χ3v) is 4.59. The van der Waals surface area contributed by atoms with Gasteiger partial charge in [0.1, 0.15) is 0 Å². The lowest BCUT2D eigenvalue weighted by Crippen LogP contribution is -2.59. The Morgan fingerprint density at radius 3 is 2.23 bits per heavy atom. The molecule has 4 atom stereocenters. The second kappa shape index (κ2) is 2.98. The SMILES string of the molecule is CC1CC(NC2CCC2(C)C)C1C. The van der Waals surface area contributed by atoms with Crippen LogP contribution < -0.4 is 5.32 Å². The molecule has 0 saturated heterocycles. The molecule has 2 rings (SSSR count). The van der Waals surface area contributed by atoms with Gasteiger partial charge >= 0.3 is 0 Å². The molecular formula is C12H23N. The summed E-state index contributed by atoms with van der Waals surface area (Å²) in [4.78, 5) is 0. The van der Waals surface area contributed by atoms with Gasteiger partial charge in [0.25, 0.3) is 0 Å². The predicted octanol–water partition coefficient (Wildman–Crippen LogP) is 2.81. The van der Waals surface area contributed by atoms with Crippen LogP contribution in [0.25, 0.3) is 0 Å². The van der Waals surface area contributed by atoms with E-state index in [4.69, 9.17) is 0 Å². The quantitative estimate of drug-likeness (QED) is 0.690. The third kappa shape index (κ3) is 1.52. The number of nitrogens with one attached hydrogen (secondary N) is 1. The van der Waals surface area contributed by atoms with Crippen LogP contribution >= 0.6 is 0 Å². The van der Waals surface area contributed by atoms with Gasteiger partial charge in [0.05, 0.1) is 0 Å². The Balaban J connectivity index is 1.80. The van der Waals surface area contributed by atoms with Gasteiger partial charge in [-0.15, -0.1) is 0 Å². The smallest absolute Gasteiger partial charge is 0.0121 e. The molecule has 2 aliphatic carbocycles. The highest BCUT2D eigenvalue weighted by Crippen LogP contribution is 2.43.